The van der Waals surface area contributed by atoms with E-state index in [0.717, 1.165) is 19.1 Å². The number of hydrogen-bond donors (Lipinski definition) is 4. The Morgan fingerprint density at radius 2 is 1.84 bits per heavy atom. The van der Waals surface area contributed by atoms with Crippen LogP contribution in [0.25, 0.3) is 56.0 Å². The number of nitrogens with one attached hydrogen (secondary N) is 4. The van der Waals surface area contributed by atoms with Crippen molar-refractivity contribution in [2.75, 3.05) is 11.6 Å². The molecule has 0 unspecified atom stereocenters. The van der Waals surface area contributed by atoms with Gasteiger partial charge in [0.1, 0.15) is 22.7 Å². The van der Waals surface area contributed by atoms with Crippen molar-refractivity contribution in [3.8, 4) is 34.0 Å². The van der Waals surface area contributed by atoms with E-state index in [2.05, 4.69) is 45.2 Å². The third-order valence-corrected chi connectivity index (χ3v) is 7.84. The van der Waals surface area contributed by atoms with Gasteiger partial charge in [0.2, 0.25) is 15.9 Å². The number of anilines is 1. The number of amides is 1. The van der Waals surface area contributed by atoms with Crippen molar-refractivity contribution in [1.82, 2.24) is 39.8 Å². The number of hydrogen-bond acceptors (Lipinski definition) is 8. The minimum absolute atomic E-state index is 0.00210. The Kier molecular flexibility index (Phi) is 6.62. The molecular weight excluding hydrogens is 592 g/mol. The van der Waals surface area contributed by atoms with E-state index in [4.69, 9.17) is 0 Å². The molecule has 12 nitrogen and oxygen atoms in total. The number of aromatic nitrogens is 7. The third kappa shape index (κ3) is 5.38. The average Bonchev–Trinajstić information content (AvgIpc) is 3.60. The highest BCUT2D eigenvalue weighted by atomic mass is 32.2. The minimum Gasteiger partial charge on any atom is -0.336 e. The van der Waals surface area contributed by atoms with E-state index < -0.39 is 21.7 Å². The van der Waals surface area contributed by atoms with Gasteiger partial charge in [-0.25, -0.2) is 26.9 Å². The molecule has 222 valence electrons. The molecule has 5 heterocycles. The second-order valence-electron chi connectivity index (χ2n) is 10.6. The SMILES string of the molecule is CS(=O)(=O)NCc1cc(F)cc(-c2nccc3[nH]c(-c4n[nH]c5cnc(-c6cncc(NC(=O)C7CC7)c6)c(F)c45)nc23)c1. The van der Waals surface area contributed by atoms with E-state index in [1.54, 1.807) is 18.2 Å². The summed E-state index contributed by atoms with van der Waals surface area (Å²) in [5, 5.41) is 10.0. The van der Waals surface area contributed by atoms with Crippen molar-refractivity contribution >= 4 is 43.6 Å². The molecule has 0 radical (unpaired) electrons. The molecule has 6 aromatic rings. The molecule has 44 heavy (non-hydrogen) atoms. The Labute approximate surface area is 248 Å². The summed E-state index contributed by atoms with van der Waals surface area (Å²) < 4.78 is 56.1. The maximum Gasteiger partial charge on any atom is 0.227 e. The molecule has 0 saturated heterocycles. The van der Waals surface area contributed by atoms with Gasteiger partial charge in [0.15, 0.2) is 11.6 Å². The molecule has 5 aromatic heterocycles. The zero-order valence-corrected chi connectivity index (χ0v) is 23.8. The summed E-state index contributed by atoms with van der Waals surface area (Å²) in [5.74, 6) is -1.10. The number of fused-ring (bicyclic) bond motifs is 2. The van der Waals surface area contributed by atoms with Gasteiger partial charge in [0, 0.05) is 36.0 Å². The average molecular weight is 616 g/mol. The van der Waals surface area contributed by atoms with Crippen LogP contribution in [0.4, 0.5) is 14.5 Å². The van der Waals surface area contributed by atoms with E-state index in [0.29, 0.717) is 44.6 Å². The van der Waals surface area contributed by atoms with Gasteiger partial charge in [0.25, 0.3) is 0 Å². The molecule has 0 aliphatic heterocycles. The van der Waals surface area contributed by atoms with Gasteiger partial charge in [-0.15, -0.1) is 0 Å². The molecule has 0 spiro atoms. The highest BCUT2D eigenvalue weighted by Crippen LogP contribution is 2.35. The van der Waals surface area contributed by atoms with Gasteiger partial charge in [-0.2, -0.15) is 5.10 Å². The lowest BCUT2D eigenvalue weighted by Gasteiger charge is -2.07. The van der Waals surface area contributed by atoms with Crippen molar-refractivity contribution in [3.63, 3.8) is 0 Å². The second kappa shape index (κ2) is 10.5. The smallest absolute Gasteiger partial charge is 0.227 e. The Balaban J connectivity index is 1.27. The summed E-state index contributed by atoms with van der Waals surface area (Å²) >= 11 is 0. The van der Waals surface area contributed by atoms with Crippen LogP contribution in [0.2, 0.25) is 0 Å². The Hall–Kier alpha value is -5.15. The number of imidazole rings is 1. The molecule has 7 rings (SSSR count). The highest BCUT2D eigenvalue weighted by Gasteiger charge is 2.30. The summed E-state index contributed by atoms with van der Waals surface area (Å²) in [6.45, 7) is -0.106. The second-order valence-corrected chi connectivity index (χ2v) is 12.4. The van der Waals surface area contributed by atoms with Crippen LogP contribution in [0.3, 0.4) is 0 Å². The molecule has 4 N–H and O–H groups in total. The van der Waals surface area contributed by atoms with Crippen molar-refractivity contribution in [1.29, 1.82) is 0 Å². The number of benzene rings is 1. The quantitative estimate of drug-likeness (QED) is 0.196. The van der Waals surface area contributed by atoms with Crippen molar-refractivity contribution < 1.29 is 22.0 Å². The summed E-state index contributed by atoms with van der Waals surface area (Å²) in [5.41, 5.74) is 3.38. The van der Waals surface area contributed by atoms with E-state index in [1.807, 2.05) is 0 Å². The van der Waals surface area contributed by atoms with Crippen LogP contribution in [0, 0.1) is 17.6 Å². The minimum atomic E-state index is -3.49. The van der Waals surface area contributed by atoms with Crippen molar-refractivity contribution in [2.45, 2.75) is 19.4 Å². The summed E-state index contributed by atoms with van der Waals surface area (Å²) in [7, 11) is -3.49. The van der Waals surface area contributed by atoms with Gasteiger partial charge in [-0.05, 0) is 48.7 Å². The number of nitrogens with zero attached hydrogens (tertiary/aromatic N) is 5. The first-order chi connectivity index (χ1) is 21.1. The van der Waals surface area contributed by atoms with Crippen LogP contribution in [0.15, 0.2) is 55.1 Å². The molecule has 1 aromatic carbocycles. The number of halogens is 2. The summed E-state index contributed by atoms with van der Waals surface area (Å²) in [6.07, 6.45) is 8.64. The fraction of sp³-hybridized carbons (Fsp3) is 0.172. The van der Waals surface area contributed by atoms with Crippen molar-refractivity contribution in [3.05, 3.63) is 72.3 Å². The van der Waals surface area contributed by atoms with Gasteiger partial charge in [-0.3, -0.25) is 24.8 Å². The van der Waals surface area contributed by atoms with Crippen LogP contribution in [-0.4, -0.2) is 55.7 Å². The topological polar surface area (TPSA) is 171 Å². The first-order valence-corrected chi connectivity index (χ1v) is 15.4. The number of carbonyl (C=O) groups is 1. The monoisotopic (exact) mass is 615 g/mol. The van der Waals surface area contributed by atoms with Gasteiger partial charge in [0.05, 0.1) is 46.5 Å². The van der Waals surface area contributed by atoms with E-state index >= 15 is 4.39 Å². The third-order valence-electron chi connectivity index (χ3n) is 7.17. The highest BCUT2D eigenvalue weighted by molar-refractivity contribution is 7.88. The molecule has 15 heteroatoms. The largest absolute Gasteiger partial charge is 0.336 e. The number of rotatable bonds is 8. The standard InChI is InChI=1S/C29H23F2N9O3S/c1-44(42,43)35-10-14-6-16(8-18(30)7-14)25-26-20(4-5-33-25)37-28(38-26)27-22-21(39-40-27)13-34-24(23(22)31)17-9-19(12-32-11-17)36-29(41)15-2-3-15/h4-9,11-13,15,35H,2-3,10H2,1H3,(H,36,41)(H,37,38)(H,39,40). The van der Waals surface area contributed by atoms with Crippen molar-refractivity contribution in [2.24, 2.45) is 5.92 Å². The molecule has 1 aliphatic rings. The van der Waals surface area contributed by atoms with E-state index in [-0.39, 0.29) is 41.0 Å². The van der Waals surface area contributed by atoms with Gasteiger partial charge >= 0.3 is 0 Å². The fourth-order valence-corrected chi connectivity index (χ4v) is 5.37. The number of sulfonamides is 1. The first kappa shape index (κ1) is 27.7. The van der Waals surface area contributed by atoms with E-state index in [1.165, 1.54) is 36.9 Å². The van der Waals surface area contributed by atoms with Gasteiger partial charge in [-0.1, -0.05) is 0 Å². The van der Waals surface area contributed by atoms with E-state index in [9.17, 15) is 17.6 Å². The normalized spacial score (nSPS) is 13.5. The molecule has 1 saturated carbocycles. The molecule has 0 bridgehead atoms. The zero-order valence-electron chi connectivity index (χ0n) is 23.0. The van der Waals surface area contributed by atoms with Crippen LogP contribution in [-0.2, 0) is 21.4 Å². The Morgan fingerprint density at radius 3 is 2.64 bits per heavy atom. The maximum absolute atomic E-state index is 16.1. The lowest BCUT2D eigenvalue weighted by molar-refractivity contribution is -0.117. The molecule has 1 amide bonds. The number of aromatic amines is 2. The lowest BCUT2D eigenvalue weighted by atomic mass is 10.1. The van der Waals surface area contributed by atoms with Crippen LogP contribution >= 0.6 is 0 Å². The lowest BCUT2D eigenvalue weighted by Crippen LogP contribution is -2.21. The van der Waals surface area contributed by atoms with Crippen LogP contribution in [0.1, 0.15) is 18.4 Å². The summed E-state index contributed by atoms with van der Waals surface area (Å²) in [6, 6.07) is 7.41. The molecular formula is C29H23F2N9O3S. The predicted molar refractivity (Wildman–Crippen MR) is 158 cm³/mol. The Bertz CT molecular complexity index is 2210. The van der Waals surface area contributed by atoms with Crippen LogP contribution in [0.5, 0.6) is 0 Å². The molecule has 1 aliphatic carbocycles. The maximum atomic E-state index is 16.1. The molecule has 0 atom stereocenters. The fourth-order valence-electron chi connectivity index (χ4n) is 4.94. The number of carbonyl (C=O) groups excluding carboxylic acids is 1. The van der Waals surface area contributed by atoms with Crippen LogP contribution < -0.4 is 10.0 Å². The number of pyridine rings is 3. The first-order valence-electron chi connectivity index (χ1n) is 13.5. The summed E-state index contributed by atoms with van der Waals surface area (Å²) in [4.78, 5) is 32.9. The molecule has 1 fully saturated rings. The zero-order chi connectivity index (χ0) is 30.6. The Morgan fingerprint density at radius 1 is 1.00 bits per heavy atom. The van der Waals surface area contributed by atoms with Gasteiger partial charge < -0.3 is 10.3 Å². The predicted octanol–water partition coefficient (Wildman–Crippen LogP) is 4.30. The number of H-pyrrole nitrogens is 2.